The van der Waals surface area contributed by atoms with E-state index in [1.54, 1.807) is 0 Å². The molecule has 1 aliphatic rings. The highest BCUT2D eigenvalue weighted by Crippen LogP contribution is 2.42. The van der Waals surface area contributed by atoms with Gasteiger partial charge < -0.3 is 5.32 Å². The first-order valence-corrected chi connectivity index (χ1v) is 6.73. The summed E-state index contributed by atoms with van der Waals surface area (Å²) in [6.07, 6.45) is 11.7. The van der Waals surface area contributed by atoms with Crippen LogP contribution in [0.15, 0.2) is 0 Å². The predicted molar refractivity (Wildman–Crippen MR) is 71.2 cm³/mol. The highest BCUT2D eigenvalue weighted by atomic mass is 14.9. The minimum atomic E-state index is 0.503. The fraction of sp³-hybridized carbons (Fsp3) is 0.867. The Kier molecular flexibility index (Phi) is 5.35. The number of hydrogen-bond donors (Lipinski definition) is 1. The van der Waals surface area contributed by atoms with Crippen molar-refractivity contribution in [2.45, 2.75) is 52.9 Å². The van der Waals surface area contributed by atoms with Crippen LogP contribution in [-0.2, 0) is 0 Å². The molecule has 0 radical (unpaired) electrons. The molecular formula is C15H27N. The summed E-state index contributed by atoms with van der Waals surface area (Å²) in [5.74, 6) is 4.40. The Morgan fingerprint density at radius 3 is 2.75 bits per heavy atom. The smallest absolute Gasteiger partial charge is 0.0118 e. The highest BCUT2D eigenvalue weighted by Gasteiger charge is 2.33. The van der Waals surface area contributed by atoms with Crippen molar-refractivity contribution in [2.24, 2.45) is 17.3 Å². The second-order valence-electron chi connectivity index (χ2n) is 6.04. The standard InChI is InChI=1S/C15H27N/c1-5-7-13-11-15(3,4)9-8-14(13)12-16-10-6-2/h1,13-14,16H,6-12H2,2-4H3. The molecule has 0 bridgehead atoms. The van der Waals surface area contributed by atoms with Crippen molar-refractivity contribution in [1.29, 1.82) is 0 Å². The Bertz CT molecular complexity index is 236. The fourth-order valence-electron chi connectivity index (χ4n) is 2.91. The molecule has 0 aromatic carbocycles. The molecule has 2 atom stereocenters. The van der Waals surface area contributed by atoms with E-state index < -0.39 is 0 Å². The maximum absolute atomic E-state index is 5.49. The maximum Gasteiger partial charge on any atom is 0.0118 e. The molecular weight excluding hydrogens is 194 g/mol. The van der Waals surface area contributed by atoms with Gasteiger partial charge in [0.2, 0.25) is 0 Å². The largest absolute Gasteiger partial charge is 0.316 e. The molecule has 0 aliphatic heterocycles. The lowest BCUT2D eigenvalue weighted by Gasteiger charge is -2.40. The van der Waals surface area contributed by atoms with Crippen LogP contribution in [0, 0.1) is 29.6 Å². The van der Waals surface area contributed by atoms with Gasteiger partial charge in [-0.05, 0) is 56.0 Å². The summed E-state index contributed by atoms with van der Waals surface area (Å²) in [5.41, 5.74) is 0.503. The lowest BCUT2D eigenvalue weighted by molar-refractivity contribution is 0.119. The summed E-state index contributed by atoms with van der Waals surface area (Å²) in [6, 6.07) is 0. The molecule has 1 N–H and O–H groups in total. The lowest BCUT2D eigenvalue weighted by atomic mass is 9.66. The number of terminal acetylenes is 1. The Hall–Kier alpha value is -0.480. The van der Waals surface area contributed by atoms with E-state index in [0.717, 1.165) is 31.3 Å². The first-order chi connectivity index (χ1) is 7.59. The summed E-state index contributed by atoms with van der Waals surface area (Å²) in [7, 11) is 0. The molecule has 0 aromatic heterocycles. The van der Waals surface area contributed by atoms with Crippen LogP contribution in [0.1, 0.15) is 52.9 Å². The average molecular weight is 221 g/mol. The van der Waals surface area contributed by atoms with E-state index in [1.165, 1.54) is 25.7 Å². The van der Waals surface area contributed by atoms with Gasteiger partial charge in [0.1, 0.15) is 0 Å². The van der Waals surface area contributed by atoms with Gasteiger partial charge in [0.15, 0.2) is 0 Å². The van der Waals surface area contributed by atoms with Gasteiger partial charge in [0.25, 0.3) is 0 Å². The molecule has 1 heteroatoms. The average Bonchev–Trinajstić information content (AvgIpc) is 2.21. The summed E-state index contributed by atoms with van der Waals surface area (Å²) in [4.78, 5) is 0. The Labute approximate surface area is 101 Å². The van der Waals surface area contributed by atoms with Crippen molar-refractivity contribution >= 4 is 0 Å². The van der Waals surface area contributed by atoms with Gasteiger partial charge in [-0.3, -0.25) is 0 Å². The molecule has 0 amide bonds. The molecule has 92 valence electrons. The zero-order valence-corrected chi connectivity index (χ0v) is 11.2. The molecule has 1 rings (SSSR count). The minimum Gasteiger partial charge on any atom is -0.316 e. The van der Waals surface area contributed by atoms with Crippen molar-refractivity contribution in [3.8, 4) is 12.3 Å². The number of hydrogen-bond acceptors (Lipinski definition) is 1. The molecule has 0 spiro atoms. The third-order valence-corrected chi connectivity index (χ3v) is 3.89. The van der Waals surface area contributed by atoms with E-state index in [1.807, 2.05) is 0 Å². The second-order valence-corrected chi connectivity index (χ2v) is 6.04. The van der Waals surface area contributed by atoms with Gasteiger partial charge in [-0.25, -0.2) is 0 Å². The first kappa shape index (κ1) is 13.6. The van der Waals surface area contributed by atoms with Crippen LogP contribution in [0.4, 0.5) is 0 Å². The molecule has 1 saturated carbocycles. The van der Waals surface area contributed by atoms with E-state index >= 15 is 0 Å². The molecule has 1 aliphatic carbocycles. The van der Waals surface area contributed by atoms with Crippen molar-refractivity contribution in [3.63, 3.8) is 0 Å². The summed E-state index contributed by atoms with van der Waals surface area (Å²) >= 11 is 0. The van der Waals surface area contributed by atoms with E-state index in [2.05, 4.69) is 32.0 Å². The summed E-state index contributed by atoms with van der Waals surface area (Å²) in [6.45, 7) is 9.28. The zero-order valence-electron chi connectivity index (χ0n) is 11.2. The van der Waals surface area contributed by atoms with Crippen molar-refractivity contribution in [2.75, 3.05) is 13.1 Å². The summed E-state index contributed by atoms with van der Waals surface area (Å²) < 4.78 is 0. The zero-order chi connectivity index (χ0) is 12.0. The third kappa shape index (κ3) is 4.18. The highest BCUT2D eigenvalue weighted by molar-refractivity contribution is 4.94. The van der Waals surface area contributed by atoms with E-state index in [4.69, 9.17) is 6.42 Å². The van der Waals surface area contributed by atoms with Crippen LogP contribution >= 0.6 is 0 Å². The predicted octanol–water partition coefficient (Wildman–Crippen LogP) is 3.45. The fourth-order valence-corrected chi connectivity index (χ4v) is 2.91. The van der Waals surface area contributed by atoms with Crippen LogP contribution in [0.2, 0.25) is 0 Å². The van der Waals surface area contributed by atoms with Crippen LogP contribution in [0.3, 0.4) is 0 Å². The molecule has 16 heavy (non-hydrogen) atoms. The minimum absolute atomic E-state index is 0.503. The van der Waals surface area contributed by atoms with E-state index in [-0.39, 0.29) is 0 Å². The van der Waals surface area contributed by atoms with Crippen molar-refractivity contribution in [3.05, 3.63) is 0 Å². The van der Waals surface area contributed by atoms with Gasteiger partial charge >= 0.3 is 0 Å². The maximum atomic E-state index is 5.49. The molecule has 2 unspecified atom stereocenters. The van der Waals surface area contributed by atoms with Crippen LogP contribution in [0.5, 0.6) is 0 Å². The van der Waals surface area contributed by atoms with E-state index in [9.17, 15) is 0 Å². The van der Waals surface area contributed by atoms with Crippen LogP contribution in [0.25, 0.3) is 0 Å². The van der Waals surface area contributed by atoms with Gasteiger partial charge in [-0.2, -0.15) is 0 Å². The number of rotatable bonds is 5. The SMILES string of the molecule is C#CCC1CC(C)(C)CCC1CNCCC. The first-order valence-electron chi connectivity index (χ1n) is 6.73. The van der Waals surface area contributed by atoms with Crippen molar-refractivity contribution in [1.82, 2.24) is 5.32 Å². The van der Waals surface area contributed by atoms with Crippen LogP contribution in [-0.4, -0.2) is 13.1 Å². The van der Waals surface area contributed by atoms with Gasteiger partial charge in [-0.1, -0.05) is 20.8 Å². The Morgan fingerprint density at radius 2 is 2.12 bits per heavy atom. The third-order valence-electron chi connectivity index (χ3n) is 3.89. The number of nitrogens with one attached hydrogen (secondary N) is 1. The monoisotopic (exact) mass is 221 g/mol. The van der Waals surface area contributed by atoms with Gasteiger partial charge in [-0.15, -0.1) is 12.3 Å². The quantitative estimate of drug-likeness (QED) is 0.554. The topological polar surface area (TPSA) is 12.0 Å². The lowest BCUT2D eigenvalue weighted by Crippen LogP contribution is -2.36. The van der Waals surface area contributed by atoms with Gasteiger partial charge in [0.05, 0.1) is 0 Å². The molecule has 1 fully saturated rings. The van der Waals surface area contributed by atoms with Crippen LogP contribution < -0.4 is 5.32 Å². The molecule has 1 nitrogen and oxygen atoms in total. The van der Waals surface area contributed by atoms with Crippen molar-refractivity contribution < 1.29 is 0 Å². The normalized spacial score (nSPS) is 28.6. The molecule has 0 saturated heterocycles. The molecule has 0 heterocycles. The van der Waals surface area contributed by atoms with Gasteiger partial charge in [0, 0.05) is 6.42 Å². The Morgan fingerprint density at radius 1 is 1.38 bits per heavy atom. The molecule has 0 aromatic rings. The Balaban J connectivity index is 2.45. The van der Waals surface area contributed by atoms with E-state index in [0.29, 0.717) is 5.41 Å². The summed E-state index contributed by atoms with van der Waals surface area (Å²) in [5, 5.41) is 3.55. The second kappa shape index (κ2) is 6.30.